The van der Waals surface area contributed by atoms with Gasteiger partial charge < -0.3 is 15.3 Å². The summed E-state index contributed by atoms with van der Waals surface area (Å²) < 4.78 is 0. The summed E-state index contributed by atoms with van der Waals surface area (Å²) in [5, 5.41) is 6.38. The molecule has 0 spiro atoms. The van der Waals surface area contributed by atoms with Gasteiger partial charge in [-0.2, -0.15) is 0 Å². The first-order chi connectivity index (χ1) is 27.1. The Morgan fingerprint density at radius 1 is 0.464 bits per heavy atom. The molecule has 278 valence electrons. The van der Waals surface area contributed by atoms with Crippen molar-refractivity contribution in [2.75, 3.05) is 0 Å². The van der Waals surface area contributed by atoms with Crippen LogP contribution in [-0.2, 0) is 0 Å². The molecule has 1 saturated heterocycles. The van der Waals surface area contributed by atoms with Crippen LogP contribution in [0.15, 0.2) is 126 Å². The minimum absolute atomic E-state index is 0.0991. The van der Waals surface area contributed by atoms with Gasteiger partial charge in [-0.1, -0.05) is 72.8 Å². The molecule has 1 fully saturated rings. The second-order valence-electron chi connectivity index (χ2n) is 16.1. The quantitative estimate of drug-likeness (QED) is 0.166. The molecule has 0 aliphatic carbocycles. The van der Waals surface area contributed by atoms with Gasteiger partial charge in [0.25, 0.3) is 0 Å². The number of aromatic nitrogens is 2. The predicted octanol–water partition coefficient (Wildman–Crippen LogP) is 10.2. The Kier molecular flexibility index (Phi) is 8.81. The molecule has 1 atom stereocenters. The maximum absolute atomic E-state index is 5.59. The van der Waals surface area contributed by atoms with Crippen LogP contribution in [0.4, 0.5) is 0 Å². The summed E-state index contributed by atoms with van der Waals surface area (Å²) in [5.74, 6) is 0. The van der Waals surface area contributed by atoms with Crippen LogP contribution in [0.5, 0.6) is 0 Å². The van der Waals surface area contributed by atoms with E-state index in [-0.39, 0.29) is 6.04 Å². The van der Waals surface area contributed by atoms with Crippen molar-refractivity contribution >= 4 is 28.0 Å². The van der Waals surface area contributed by atoms with Gasteiger partial charge in [-0.3, -0.25) is 0 Å². The summed E-state index contributed by atoms with van der Waals surface area (Å²) in [7, 11) is 0. The highest BCUT2D eigenvalue weighted by molar-refractivity contribution is 6.31. The average Bonchev–Trinajstić information content (AvgIpc) is 4.00. The lowest BCUT2D eigenvalue weighted by molar-refractivity contribution is 0.759. The van der Waals surface area contributed by atoms with Crippen molar-refractivity contribution in [2.24, 2.45) is 4.99 Å². The molecule has 0 amide bonds. The Balaban J connectivity index is 1.45. The molecule has 8 bridgehead atoms. The Hall–Kier alpha value is -6.13. The van der Waals surface area contributed by atoms with Crippen LogP contribution in [-0.4, -0.2) is 21.7 Å². The van der Waals surface area contributed by atoms with Crippen molar-refractivity contribution in [3.05, 3.63) is 209 Å². The van der Waals surface area contributed by atoms with E-state index < -0.39 is 0 Å². The lowest BCUT2D eigenvalue weighted by Crippen LogP contribution is -2.30. The van der Waals surface area contributed by atoms with Gasteiger partial charge in [-0.15, -0.1) is 0 Å². The van der Waals surface area contributed by atoms with Gasteiger partial charge in [-0.25, -0.2) is 4.99 Å². The molecule has 1 unspecified atom stereocenters. The highest BCUT2D eigenvalue weighted by Gasteiger charge is 2.31. The number of aromatic amines is 2. The van der Waals surface area contributed by atoms with E-state index >= 15 is 0 Å². The molecule has 0 saturated carbocycles. The van der Waals surface area contributed by atoms with Gasteiger partial charge in [0, 0.05) is 50.1 Å². The van der Waals surface area contributed by atoms with Crippen LogP contribution in [0, 0.1) is 55.4 Å². The largest absolute Gasteiger partial charge is 0.381 e. The molecular formula is C52H50N4. The summed E-state index contributed by atoms with van der Waals surface area (Å²) in [5.41, 5.74) is 25.2. The first-order valence-electron chi connectivity index (χ1n) is 20.0. The molecule has 56 heavy (non-hydrogen) atoms. The SMILES string of the molecule is Cc1cccc(C)c1/C1=C2\C=CC(=N2)/C(c2c(C)cccc2C)=c2/cc/c([nH]2)=C(\c2c(C)cccc2C)C2CC/C(=C(\c3c(C)cccc3C)c3ccc1[nH]3)N2. The minimum Gasteiger partial charge on any atom is -0.381 e. The Labute approximate surface area is 330 Å². The maximum atomic E-state index is 5.59. The maximum Gasteiger partial charge on any atom is 0.0737 e. The van der Waals surface area contributed by atoms with Gasteiger partial charge in [0.1, 0.15) is 0 Å². The number of benzene rings is 4. The Morgan fingerprint density at radius 2 is 0.929 bits per heavy atom. The number of H-pyrrole nitrogens is 2. The Morgan fingerprint density at radius 3 is 1.48 bits per heavy atom. The zero-order chi connectivity index (χ0) is 38.8. The zero-order valence-corrected chi connectivity index (χ0v) is 33.8. The third kappa shape index (κ3) is 5.87. The number of rotatable bonds is 4. The third-order valence-electron chi connectivity index (χ3n) is 12.2. The van der Waals surface area contributed by atoms with Gasteiger partial charge in [0.2, 0.25) is 0 Å². The topological polar surface area (TPSA) is 56.0 Å². The van der Waals surface area contributed by atoms with Gasteiger partial charge in [0.15, 0.2) is 0 Å². The number of aryl methyl sites for hydroxylation is 8. The van der Waals surface area contributed by atoms with Crippen LogP contribution < -0.4 is 16.0 Å². The van der Waals surface area contributed by atoms with E-state index in [4.69, 9.17) is 4.99 Å². The average molecular weight is 731 g/mol. The first kappa shape index (κ1) is 35.6. The molecule has 6 aromatic rings. The smallest absolute Gasteiger partial charge is 0.0737 e. The number of nitrogens with one attached hydrogen (secondary N) is 3. The van der Waals surface area contributed by atoms with Gasteiger partial charge in [-0.05, 0) is 171 Å². The van der Waals surface area contributed by atoms with Crippen molar-refractivity contribution in [1.29, 1.82) is 0 Å². The fraction of sp³-hybridized carbons (Fsp3) is 0.212. The van der Waals surface area contributed by atoms with Gasteiger partial charge in [0.05, 0.1) is 17.5 Å². The molecule has 3 aliphatic heterocycles. The van der Waals surface area contributed by atoms with Crippen LogP contribution >= 0.6 is 0 Å². The predicted molar refractivity (Wildman–Crippen MR) is 234 cm³/mol. The van der Waals surface area contributed by atoms with Gasteiger partial charge >= 0.3 is 0 Å². The Bertz CT molecular complexity index is 2780. The molecule has 5 heterocycles. The molecule has 4 nitrogen and oxygen atoms in total. The van der Waals surface area contributed by atoms with E-state index in [0.717, 1.165) is 57.5 Å². The monoisotopic (exact) mass is 730 g/mol. The first-order valence-corrected chi connectivity index (χ1v) is 20.0. The van der Waals surface area contributed by atoms with E-state index in [9.17, 15) is 0 Å². The number of fused-ring (bicyclic) bond motifs is 7. The lowest BCUT2D eigenvalue weighted by atomic mass is 9.90. The molecule has 2 aromatic heterocycles. The zero-order valence-electron chi connectivity index (χ0n) is 33.8. The molecular weight excluding hydrogens is 681 g/mol. The van der Waals surface area contributed by atoms with E-state index in [2.05, 4.69) is 180 Å². The summed E-state index contributed by atoms with van der Waals surface area (Å²) in [6.45, 7) is 17.9. The summed E-state index contributed by atoms with van der Waals surface area (Å²) in [4.78, 5) is 13.6. The fourth-order valence-corrected chi connectivity index (χ4v) is 9.69. The third-order valence-corrected chi connectivity index (χ3v) is 12.2. The molecule has 9 rings (SSSR count). The van der Waals surface area contributed by atoms with E-state index in [1.807, 2.05) is 0 Å². The molecule has 4 heteroatoms. The van der Waals surface area contributed by atoms with Crippen molar-refractivity contribution in [3.63, 3.8) is 0 Å². The number of hydrogen-bond acceptors (Lipinski definition) is 2. The van der Waals surface area contributed by atoms with E-state index in [0.29, 0.717) is 0 Å². The highest BCUT2D eigenvalue weighted by atomic mass is 15.0. The fourth-order valence-electron chi connectivity index (χ4n) is 9.69. The van der Waals surface area contributed by atoms with E-state index in [1.54, 1.807) is 0 Å². The normalized spacial score (nSPS) is 21.1. The second kappa shape index (κ2) is 13.9. The second-order valence-corrected chi connectivity index (χ2v) is 16.1. The molecule has 3 aliphatic rings. The van der Waals surface area contributed by atoms with Crippen LogP contribution in [0.2, 0.25) is 0 Å². The number of nitrogens with zero attached hydrogens (tertiary/aromatic N) is 1. The lowest BCUT2D eigenvalue weighted by Gasteiger charge is -2.22. The summed E-state index contributed by atoms with van der Waals surface area (Å²) >= 11 is 0. The molecule has 4 aromatic carbocycles. The molecule has 3 N–H and O–H groups in total. The van der Waals surface area contributed by atoms with E-state index in [1.165, 1.54) is 83.6 Å². The van der Waals surface area contributed by atoms with Crippen molar-refractivity contribution < 1.29 is 0 Å². The number of hydrogen-bond donors (Lipinski definition) is 3. The summed E-state index contributed by atoms with van der Waals surface area (Å²) in [6.07, 6.45) is 6.35. The van der Waals surface area contributed by atoms with Crippen molar-refractivity contribution in [2.45, 2.75) is 74.3 Å². The standard InChI is InChI=1S/C52H50N4/c1-29-13-9-14-30(2)45(29)49-37-21-23-39(53-37)50(46-31(3)15-10-16-32(46)4)41-25-27-43(55-41)52(48-35(7)19-12-20-36(48)8)44-28-26-42(56-44)51(40-24-22-38(49)54-40)47-33(5)17-11-18-34(47)6/h9-25,27,42,54-56H,26,28H2,1-8H3/b49-38+,50-39+,51-40+,52-44+. The minimum atomic E-state index is 0.0991. The molecule has 0 radical (unpaired) electrons. The van der Waals surface area contributed by atoms with Crippen LogP contribution in [0.3, 0.4) is 0 Å². The highest BCUT2D eigenvalue weighted by Crippen LogP contribution is 2.40. The summed E-state index contributed by atoms with van der Waals surface area (Å²) in [6, 6.07) is 35.7. The van der Waals surface area contributed by atoms with Crippen molar-refractivity contribution in [3.8, 4) is 0 Å². The van der Waals surface area contributed by atoms with Crippen LogP contribution in [0.1, 0.15) is 91.0 Å². The number of aliphatic imine (C=N–C) groups is 1. The van der Waals surface area contributed by atoms with Crippen LogP contribution in [0.25, 0.3) is 22.3 Å². The van der Waals surface area contributed by atoms with Crippen molar-refractivity contribution in [1.82, 2.24) is 15.3 Å². The number of allylic oxidation sites excluding steroid dienone is 3.